The second kappa shape index (κ2) is 6.03. The fraction of sp³-hybridized carbons (Fsp3) is 0.120. The first-order valence-corrected chi connectivity index (χ1v) is 9.13. The standard InChI is InChI=1S/C25H20O/c1-3-11-19(12-4-1)25(20-13-5-2-6-14-20)21-15-7-9-17-23(21)26-24-18-10-8-16-22(24)25/h1-18,21,23H. The monoisotopic (exact) mass is 336 g/mol. The molecule has 5 rings (SSSR count). The Hall–Kier alpha value is -3.06. The highest BCUT2D eigenvalue weighted by molar-refractivity contribution is 5.59. The fourth-order valence-electron chi connectivity index (χ4n) is 4.58. The third kappa shape index (κ3) is 2.10. The van der Waals surface area contributed by atoms with Gasteiger partial charge in [-0.15, -0.1) is 0 Å². The second-order valence-electron chi connectivity index (χ2n) is 6.91. The van der Waals surface area contributed by atoms with Crippen molar-refractivity contribution in [2.75, 3.05) is 0 Å². The van der Waals surface area contributed by atoms with Crippen molar-refractivity contribution in [1.82, 2.24) is 0 Å². The van der Waals surface area contributed by atoms with E-state index in [9.17, 15) is 0 Å². The smallest absolute Gasteiger partial charge is 0.125 e. The Kier molecular flexibility index (Phi) is 3.53. The summed E-state index contributed by atoms with van der Waals surface area (Å²) in [6.07, 6.45) is 8.76. The molecule has 0 aromatic heterocycles. The highest BCUT2D eigenvalue weighted by atomic mass is 16.5. The maximum absolute atomic E-state index is 6.40. The molecule has 2 aliphatic rings. The summed E-state index contributed by atoms with van der Waals surface area (Å²) in [4.78, 5) is 0. The fourth-order valence-corrected chi connectivity index (χ4v) is 4.58. The third-order valence-corrected chi connectivity index (χ3v) is 5.62. The van der Waals surface area contributed by atoms with Crippen LogP contribution < -0.4 is 4.74 Å². The molecule has 0 amide bonds. The molecule has 0 saturated heterocycles. The Morgan fingerprint density at radius 3 is 1.88 bits per heavy atom. The minimum atomic E-state index is -0.275. The lowest BCUT2D eigenvalue weighted by Gasteiger charge is -2.48. The van der Waals surface area contributed by atoms with Gasteiger partial charge in [-0.3, -0.25) is 0 Å². The predicted octanol–water partition coefficient (Wildman–Crippen LogP) is 5.52. The van der Waals surface area contributed by atoms with Crippen molar-refractivity contribution in [1.29, 1.82) is 0 Å². The zero-order valence-corrected chi connectivity index (χ0v) is 14.5. The first kappa shape index (κ1) is 15.2. The lowest BCUT2D eigenvalue weighted by atomic mass is 9.58. The lowest BCUT2D eigenvalue weighted by Crippen LogP contribution is -2.48. The van der Waals surface area contributed by atoms with Gasteiger partial charge in [0.2, 0.25) is 0 Å². The van der Waals surface area contributed by atoms with Gasteiger partial charge in [0.1, 0.15) is 11.9 Å². The van der Waals surface area contributed by atoms with Gasteiger partial charge in [-0.1, -0.05) is 97.1 Å². The zero-order chi connectivity index (χ0) is 17.4. The number of allylic oxidation sites excluding steroid dienone is 2. The molecule has 3 aromatic carbocycles. The molecule has 26 heavy (non-hydrogen) atoms. The van der Waals surface area contributed by atoms with E-state index in [0.29, 0.717) is 0 Å². The van der Waals surface area contributed by atoms with E-state index in [1.807, 2.05) is 0 Å². The maximum atomic E-state index is 6.40. The number of para-hydroxylation sites is 1. The van der Waals surface area contributed by atoms with Crippen molar-refractivity contribution in [3.63, 3.8) is 0 Å². The average molecular weight is 336 g/mol. The Bertz CT molecular complexity index is 930. The molecular formula is C25H20O. The largest absolute Gasteiger partial charge is 0.485 e. The summed E-state index contributed by atoms with van der Waals surface area (Å²) >= 11 is 0. The molecule has 1 aliphatic heterocycles. The summed E-state index contributed by atoms with van der Waals surface area (Å²) < 4.78 is 6.40. The van der Waals surface area contributed by atoms with E-state index >= 15 is 0 Å². The van der Waals surface area contributed by atoms with Gasteiger partial charge in [0.15, 0.2) is 0 Å². The molecule has 1 heterocycles. The van der Waals surface area contributed by atoms with Gasteiger partial charge in [-0.25, -0.2) is 0 Å². The Balaban J connectivity index is 1.90. The van der Waals surface area contributed by atoms with Crippen molar-refractivity contribution < 1.29 is 4.74 Å². The number of hydrogen-bond acceptors (Lipinski definition) is 1. The van der Waals surface area contributed by atoms with Crippen molar-refractivity contribution >= 4 is 0 Å². The second-order valence-corrected chi connectivity index (χ2v) is 6.91. The molecule has 0 radical (unpaired) electrons. The average Bonchev–Trinajstić information content (AvgIpc) is 2.73. The highest BCUT2D eigenvalue weighted by Gasteiger charge is 2.51. The van der Waals surface area contributed by atoms with E-state index in [1.54, 1.807) is 0 Å². The molecule has 0 bridgehead atoms. The summed E-state index contributed by atoms with van der Waals surface area (Å²) in [6.45, 7) is 0. The summed E-state index contributed by atoms with van der Waals surface area (Å²) in [5.41, 5.74) is 3.57. The van der Waals surface area contributed by atoms with Crippen LogP contribution in [0.5, 0.6) is 5.75 Å². The summed E-state index contributed by atoms with van der Waals surface area (Å²) in [7, 11) is 0. The zero-order valence-electron chi connectivity index (χ0n) is 14.5. The van der Waals surface area contributed by atoms with E-state index in [-0.39, 0.29) is 17.4 Å². The normalized spacial score (nSPS) is 22.2. The van der Waals surface area contributed by atoms with Gasteiger partial charge in [0.05, 0.1) is 5.41 Å². The van der Waals surface area contributed by atoms with Crippen molar-refractivity contribution in [2.45, 2.75) is 11.5 Å². The van der Waals surface area contributed by atoms with E-state index < -0.39 is 0 Å². The molecule has 1 heteroatoms. The molecule has 1 aliphatic carbocycles. The van der Waals surface area contributed by atoms with E-state index in [0.717, 1.165) is 5.75 Å². The van der Waals surface area contributed by atoms with Crippen LogP contribution in [-0.2, 0) is 5.41 Å². The van der Waals surface area contributed by atoms with Crippen LogP contribution in [0.4, 0.5) is 0 Å². The molecule has 0 fully saturated rings. The van der Waals surface area contributed by atoms with Crippen LogP contribution in [0.3, 0.4) is 0 Å². The molecule has 0 saturated carbocycles. The van der Waals surface area contributed by atoms with Crippen molar-refractivity contribution in [3.8, 4) is 5.75 Å². The highest BCUT2D eigenvalue weighted by Crippen LogP contribution is 2.54. The Labute approximate surface area is 154 Å². The quantitative estimate of drug-likeness (QED) is 0.598. The minimum absolute atomic E-state index is 0.0234. The first-order valence-electron chi connectivity index (χ1n) is 9.13. The Morgan fingerprint density at radius 2 is 1.19 bits per heavy atom. The number of fused-ring (bicyclic) bond motifs is 2. The lowest BCUT2D eigenvalue weighted by molar-refractivity contribution is 0.140. The molecule has 3 aromatic rings. The summed E-state index contributed by atoms with van der Waals surface area (Å²) in [6, 6.07) is 30.2. The number of ether oxygens (including phenoxy) is 1. The van der Waals surface area contributed by atoms with Gasteiger partial charge in [0, 0.05) is 11.5 Å². The number of hydrogen-bond donors (Lipinski definition) is 0. The van der Waals surface area contributed by atoms with Crippen LogP contribution in [0.1, 0.15) is 16.7 Å². The van der Waals surface area contributed by atoms with E-state index in [2.05, 4.69) is 109 Å². The van der Waals surface area contributed by atoms with E-state index in [1.165, 1.54) is 16.7 Å². The van der Waals surface area contributed by atoms with Crippen LogP contribution in [0.15, 0.2) is 109 Å². The maximum Gasteiger partial charge on any atom is 0.125 e. The molecular weight excluding hydrogens is 316 g/mol. The van der Waals surface area contributed by atoms with E-state index in [4.69, 9.17) is 4.74 Å². The molecule has 2 atom stereocenters. The molecule has 0 N–H and O–H groups in total. The van der Waals surface area contributed by atoms with Crippen LogP contribution in [-0.4, -0.2) is 6.10 Å². The summed E-state index contributed by atoms with van der Waals surface area (Å²) in [5.74, 6) is 1.17. The van der Waals surface area contributed by atoms with Gasteiger partial charge in [-0.2, -0.15) is 0 Å². The topological polar surface area (TPSA) is 9.23 Å². The van der Waals surface area contributed by atoms with Crippen molar-refractivity contribution in [3.05, 3.63) is 126 Å². The molecule has 1 nitrogen and oxygen atoms in total. The first-order chi connectivity index (χ1) is 12.9. The third-order valence-electron chi connectivity index (χ3n) is 5.62. The van der Waals surface area contributed by atoms with Crippen LogP contribution in [0, 0.1) is 5.92 Å². The molecule has 0 spiro atoms. The van der Waals surface area contributed by atoms with Gasteiger partial charge in [0.25, 0.3) is 0 Å². The number of benzene rings is 3. The van der Waals surface area contributed by atoms with Gasteiger partial charge < -0.3 is 4.74 Å². The predicted molar refractivity (Wildman–Crippen MR) is 105 cm³/mol. The van der Waals surface area contributed by atoms with Crippen molar-refractivity contribution in [2.24, 2.45) is 5.92 Å². The summed E-state index contributed by atoms with van der Waals surface area (Å²) in [5, 5.41) is 0. The SMILES string of the molecule is C1=CC2Oc3ccccc3C(c3ccccc3)(c3ccccc3)C2C=C1. The minimum Gasteiger partial charge on any atom is -0.485 e. The van der Waals surface area contributed by atoms with Crippen LogP contribution in [0.2, 0.25) is 0 Å². The molecule has 2 unspecified atom stereocenters. The van der Waals surface area contributed by atoms with Gasteiger partial charge in [-0.05, 0) is 23.3 Å². The van der Waals surface area contributed by atoms with Crippen LogP contribution >= 0.6 is 0 Å². The number of rotatable bonds is 2. The Morgan fingerprint density at radius 1 is 0.615 bits per heavy atom. The van der Waals surface area contributed by atoms with Crippen LogP contribution in [0.25, 0.3) is 0 Å². The molecule has 126 valence electrons. The van der Waals surface area contributed by atoms with Gasteiger partial charge >= 0.3 is 0 Å².